The van der Waals surface area contributed by atoms with Gasteiger partial charge in [-0.2, -0.15) is 0 Å². The SMILES string of the molecule is COc1ccc(C(C)C)cc1CN1CCCC(N(C)C)CC1. The van der Waals surface area contributed by atoms with Crippen LogP contribution in [0.25, 0.3) is 0 Å². The molecule has 1 saturated heterocycles. The Bertz CT molecular complexity index is 471. The number of hydrogen-bond acceptors (Lipinski definition) is 3. The summed E-state index contributed by atoms with van der Waals surface area (Å²) < 4.78 is 5.58. The van der Waals surface area contributed by atoms with Crippen LogP contribution in [0.15, 0.2) is 18.2 Å². The van der Waals surface area contributed by atoms with Gasteiger partial charge in [-0.15, -0.1) is 0 Å². The van der Waals surface area contributed by atoms with Crippen molar-refractivity contribution in [2.75, 3.05) is 34.3 Å². The highest BCUT2D eigenvalue weighted by atomic mass is 16.5. The molecule has 0 spiro atoms. The van der Waals surface area contributed by atoms with Crippen LogP contribution in [0.4, 0.5) is 0 Å². The van der Waals surface area contributed by atoms with Gasteiger partial charge in [-0.05, 0) is 64.0 Å². The van der Waals surface area contributed by atoms with Gasteiger partial charge >= 0.3 is 0 Å². The molecular formula is C19H32N2O. The molecule has 1 aliphatic heterocycles. The second-order valence-electron chi connectivity index (χ2n) is 7.05. The Kier molecular flexibility index (Phi) is 6.27. The van der Waals surface area contributed by atoms with Gasteiger partial charge in [0.05, 0.1) is 7.11 Å². The van der Waals surface area contributed by atoms with Crippen molar-refractivity contribution in [3.63, 3.8) is 0 Å². The second kappa shape index (κ2) is 7.98. The molecule has 3 nitrogen and oxygen atoms in total. The number of benzene rings is 1. The maximum Gasteiger partial charge on any atom is 0.123 e. The number of rotatable bonds is 5. The van der Waals surface area contributed by atoms with Gasteiger partial charge in [0.2, 0.25) is 0 Å². The van der Waals surface area contributed by atoms with Crippen molar-refractivity contribution in [3.8, 4) is 5.75 Å². The monoisotopic (exact) mass is 304 g/mol. The molecule has 1 aromatic carbocycles. The van der Waals surface area contributed by atoms with Crippen molar-refractivity contribution >= 4 is 0 Å². The molecule has 3 heteroatoms. The fourth-order valence-electron chi connectivity index (χ4n) is 3.33. The predicted octanol–water partition coefficient (Wildman–Crippen LogP) is 3.73. The van der Waals surface area contributed by atoms with Crippen molar-refractivity contribution in [3.05, 3.63) is 29.3 Å². The third kappa shape index (κ3) is 4.47. The summed E-state index contributed by atoms with van der Waals surface area (Å²) in [6.45, 7) is 7.87. The Morgan fingerprint density at radius 1 is 1.23 bits per heavy atom. The van der Waals surface area contributed by atoms with E-state index in [1.165, 1.54) is 43.5 Å². The minimum absolute atomic E-state index is 0.562. The normalized spacial score (nSPS) is 20.4. The van der Waals surface area contributed by atoms with Crippen molar-refractivity contribution in [1.29, 1.82) is 0 Å². The summed E-state index contributed by atoms with van der Waals surface area (Å²) in [4.78, 5) is 4.97. The van der Waals surface area contributed by atoms with E-state index in [0.29, 0.717) is 5.92 Å². The molecule has 0 saturated carbocycles. The maximum absolute atomic E-state index is 5.58. The number of likely N-dealkylation sites (tertiary alicyclic amines) is 1. The Hall–Kier alpha value is -1.06. The highest BCUT2D eigenvalue weighted by Gasteiger charge is 2.19. The first kappa shape index (κ1) is 17.3. The van der Waals surface area contributed by atoms with Gasteiger partial charge in [0.15, 0.2) is 0 Å². The molecule has 0 amide bonds. The summed E-state index contributed by atoms with van der Waals surface area (Å²) in [5, 5.41) is 0. The van der Waals surface area contributed by atoms with Crippen LogP contribution < -0.4 is 4.74 Å². The lowest BCUT2D eigenvalue weighted by Gasteiger charge is -2.24. The standard InChI is InChI=1S/C19H32N2O/c1-15(2)16-8-9-19(22-5)17(13-16)14-21-11-6-7-18(10-12-21)20(3)4/h8-9,13,15,18H,6-7,10-12,14H2,1-5H3. The first-order valence-electron chi connectivity index (χ1n) is 8.57. The molecule has 0 N–H and O–H groups in total. The van der Waals surface area contributed by atoms with Gasteiger partial charge in [-0.1, -0.05) is 26.0 Å². The molecule has 1 aliphatic rings. The van der Waals surface area contributed by atoms with E-state index in [1.807, 2.05) is 0 Å². The molecule has 1 atom stereocenters. The summed E-state index contributed by atoms with van der Waals surface area (Å²) >= 11 is 0. The fraction of sp³-hybridized carbons (Fsp3) is 0.684. The minimum Gasteiger partial charge on any atom is -0.496 e. The van der Waals surface area contributed by atoms with Crippen LogP contribution in [0, 0.1) is 0 Å². The van der Waals surface area contributed by atoms with Crippen LogP contribution in [-0.4, -0.2) is 50.1 Å². The summed E-state index contributed by atoms with van der Waals surface area (Å²) in [6.07, 6.45) is 3.86. The first-order chi connectivity index (χ1) is 10.5. The Balaban J connectivity index is 2.07. The zero-order valence-corrected chi connectivity index (χ0v) is 14.9. The van der Waals surface area contributed by atoms with Gasteiger partial charge in [-0.3, -0.25) is 4.90 Å². The van der Waals surface area contributed by atoms with Crippen molar-refractivity contribution in [2.24, 2.45) is 0 Å². The summed E-state index contributed by atoms with van der Waals surface area (Å²) in [7, 11) is 6.18. The average Bonchev–Trinajstić information content (AvgIpc) is 2.72. The minimum atomic E-state index is 0.562. The lowest BCUT2D eigenvalue weighted by Crippen LogP contribution is -2.30. The largest absolute Gasteiger partial charge is 0.496 e. The third-order valence-corrected chi connectivity index (χ3v) is 4.89. The molecule has 124 valence electrons. The lowest BCUT2D eigenvalue weighted by molar-refractivity contribution is 0.243. The van der Waals surface area contributed by atoms with Crippen molar-refractivity contribution in [2.45, 2.75) is 51.6 Å². The quantitative estimate of drug-likeness (QED) is 0.824. The smallest absolute Gasteiger partial charge is 0.123 e. The summed E-state index contributed by atoms with van der Waals surface area (Å²) in [5.74, 6) is 1.59. The van der Waals surface area contributed by atoms with Crippen LogP contribution in [-0.2, 0) is 6.54 Å². The van der Waals surface area contributed by atoms with Gasteiger partial charge in [0.1, 0.15) is 5.75 Å². The highest BCUT2D eigenvalue weighted by molar-refractivity contribution is 5.38. The van der Waals surface area contributed by atoms with E-state index in [0.717, 1.165) is 18.3 Å². The maximum atomic E-state index is 5.58. The zero-order valence-electron chi connectivity index (χ0n) is 14.9. The first-order valence-corrected chi connectivity index (χ1v) is 8.57. The molecule has 1 heterocycles. The Morgan fingerprint density at radius 2 is 2.00 bits per heavy atom. The third-order valence-electron chi connectivity index (χ3n) is 4.89. The molecule has 0 bridgehead atoms. The van der Waals surface area contributed by atoms with Crippen LogP contribution in [0.1, 0.15) is 50.2 Å². The number of nitrogens with zero attached hydrogens (tertiary/aromatic N) is 2. The Labute approximate surface area is 136 Å². The van der Waals surface area contributed by atoms with E-state index in [2.05, 4.69) is 55.9 Å². The van der Waals surface area contributed by atoms with Crippen LogP contribution in [0.5, 0.6) is 5.75 Å². The van der Waals surface area contributed by atoms with Crippen molar-refractivity contribution in [1.82, 2.24) is 9.80 Å². The highest BCUT2D eigenvalue weighted by Crippen LogP contribution is 2.26. The summed E-state index contributed by atoms with van der Waals surface area (Å²) in [5.41, 5.74) is 2.73. The van der Waals surface area contributed by atoms with Crippen LogP contribution >= 0.6 is 0 Å². The number of methoxy groups -OCH3 is 1. The molecule has 1 fully saturated rings. The van der Waals surface area contributed by atoms with Crippen LogP contribution in [0.2, 0.25) is 0 Å². The van der Waals surface area contributed by atoms with E-state index < -0.39 is 0 Å². The van der Waals surface area contributed by atoms with Gasteiger partial charge in [0.25, 0.3) is 0 Å². The average molecular weight is 304 g/mol. The molecule has 1 unspecified atom stereocenters. The van der Waals surface area contributed by atoms with E-state index in [9.17, 15) is 0 Å². The second-order valence-corrected chi connectivity index (χ2v) is 7.05. The topological polar surface area (TPSA) is 15.7 Å². The molecular weight excluding hydrogens is 272 g/mol. The van der Waals surface area contributed by atoms with Gasteiger partial charge in [0, 0.05) is 18.2 Å². The van der Waals surface area contributed by atoms with E-state index in [4.69, 9.17) is 4.74 Å². The van der Waals surface area contributed by atoms with E-state index in [-0.39, 0.29) is 0 Å². The fourth-order valence-corrected chi connectivity index (χ4v) is 3.33. The molecule has 0 radical (unpaired) electrons. The molecule has 0 aromatic heterocycles. The molecule has 0 aliphatic carbocycles. The zero-order chi connectivity index (χ0) is 16.1. The van der Waals surface area contributed by atoms with Crippen LogP contribution in [0.3, 0.4) is 0 Å². The predicted molar refractivity (Wildman–Crippen MR) is 93.7 cm³/mol. The van der Waals surface area contributed by atoms with Gasteiger partial charge < -0.3 is 9.64 Å². The van der Waals surface area contributed by atoms with Gasteiger partial charge in [-0.25, -0.2) is 0 Å². The van der Waals surface area contributed by atoms with E-state index in [1.54, 1.807) is 7.11 Å². The Morgan fingerprint density at radius 3 is 2.64 bits per heavy atom. The molecule has 1 aromatic rings. The lowest BCUT2D eigenvalue weighted by atomic mass is 10.00. The number of hydrogen-bond donors (Lipinski definition) is 0. The van der Waals surface area contributed by atoms with Crippen molar-refractivity contribution < 1.29 is 4.74 Å². The van der Waals surface area contributed by atoms with E-state index >= 15 is 0 Å². The molecule has 2 rings (SSSR count). The molecule has 22 heavy (non-hydrogen) atoms. The number of ether oxygens (including phenoxy) is 1. The summed E-state index contributed by atoms with van der Waals surface area (Å²) in [6, 6.07) is 7.38.